The first-order valence-electron chi connectivity index (χ1n) is 5.54. The molecule has 0 aliphatic rings. The van der Waals surface area contributed by atoms with Gasteiger partial charge in [-0.15, -0.1) is 0 Å². The average Bonchev–Trinajstić information content (AvgIpc) is 2.78. The Bertz CT molecular complexity index is 506. The molecule has 0 unspecified atom stereocenters. The lowest BCUT2D eigenvalue weighted by atomic mass is 10.1. The van der Waals surface area contributed by atoms with Gasteiger partial charge in [-0.2, -0.15) is 0 Å². The molecule has 2 N–H and O–H groups in total. The molecule has 0 aliphatic heterocycles. The van der Waals surface area contributed by atoms with Crippen molar-refractivity contribution >= 4 is 0 Å². The summed E-state index contributed by atoms with van der Waals surface area (Å²) in [6, 6.07) is 5.97. The summed E-state index contributed by atoms with van der Waals surface area (Å²) in [5.74, 6) is 1.45. The number of nitrogens with zero attached hydrogens (tertiary/aromatic N) is 1. The van der Waals surface area contributed by atoms with Crippen LogP contribution in [-0.4, -0.2) is 18.6 Å². The third-order valence-electron chi connectivity index (χ3n) is 2.54. The maximum Gasteiger partial charge on any atom is 0.195 e. The molecule has 0 fully saturated rings. The Balaban J connectivity index is 2.40. The van der Waals surface area contributed by atoms with Gasteiger partial charge >= 0.3 is 0 Å². The van der Waals surface area contributed by atoms with Crippen LogP contribution in [0.2, 0.25) is 0 Å². The van der Waals surface area contributed by atoms with E-state index in [1.54, 1.807) is 13.4 Å². The standard InChI is InChI=1S/C13H16N2O2/c1-9-3-4-12(16-2)10(7-9)11-8-17-13(15-11)5-6-14/h3-4,7-8H,5-6,14H2,1-2H3. The zero-order valence-electron chi connectivity index (χ0n) is 10.1. The van der Waals surface area contributed by atoms with Crippen LogP contribution in [0.5, 0.6) is 5.75 Å². The summed E-state index contributed by atoms with van der Waals surface area (Å²) in [5, 5.41) is 0. The molecule has 1 heterocycles. The monoisotopic (exact) mass is 232 g/mol. The van der Waals surface area contributed by atoms with E-state index in [2.05, 4.69) is 4.98 Å². The minimum Gasteiger partial charge on any atom is -0.496 e. The summed E-state index contributed by atoms with van der Waals surface area (Å²) >= 11 is 0. The predicted molar refractivity (Wildman–Crippen MR) is 66.0 cm³/mol. The van der Waals surface area contributed by atoms with Crippen molar-refractivity contribution in [2.75, 3.05) is 13.7 Å². The molecule has 1 aromatic carbocycles. The van der Waals surface area contributed by atoms with Gasteiger partial charge in [-0.25, -0.2) is 4.98 Å². The molecule has 1 aromatic heterocycles. The van der Waals surface area contributed by atoms with Crippen LogP contribution in [0.15, 0.2) is 28.9 Å². The van der Waals surface area contributed by atoms with Gasteiger partial charge < -0.3 is 14.9 Å². The Hall–Kier alpha value is -1.81. The summed E-state index contributed by atoms with van der Waals surface area (Å²) in [4.78, 5) is 4.39. The number of hydrogen-bond acceptors (Lipinski definition) is 4. The van der Waals surface area contributed by atoms with Crippen molar-refractivity contribution < 1.29 is 9.15 Å². The summed E-state index contributed by atoms with van der Waals surface area (Å²) in [5.41, 5.74) is 8.35. The number of hydrogen-bond donors (Lipinski definition) is 1. The van der Waals surface area contributed by atoms with Crippen molar-refractivity contribution in [3.8, 4) is 17.0 Å². The Morgan fingerprint density at radius 1 is 1.41 bits per heavy atom. The minimum absolute atomic E-state index is 0.533. The molecule has 4 heteroatoms. The van der Waals surface area contributed by atoms with Crippen LogP contribution in [0.25, 0.3) is 11.3 Å². The smallest absolute Gasteiger partial charge is 0.195 e. The Kier molecular flexibility index (Phi) is 3.44. The summed E-state index contributed by atoms with van der Waals surface area (Å²) < 4.78 is 10.7. The summed E-state index contributed by atoms with van der Waals surface area (Å²) in [7, 11) is 1.65. The first kappa shape index (κ1) is 11.7. The molecule has 0 aliphatic carbocycles. The van der Waals surface area contributed by atoms with Crippen molar-refractivity contribution in [2.24, 2.45) is 5.73 Å². The fourth-order valence-electron chi connectivity index (χ4n) is 1.69. The van der Waals surface area contributed by atoms with Crippen LogP contribution in [0.4, 0.5) is 0 Å². The van der Waals surface area contributed by atoms with Crippen LogP contribution in [-0.2, 0) is 6.42 Å². The van der Waals surface area contributed by atoms with Gasteiger partial charge in [0.15, 0.2) is 5.89 Å². The molecule has 0 saturated carbocycles. The first-order valence-corrected chi connectivity index (χ1v) is 5.54. The summed E-state index contributed by atoms with van der Waals surface area (Å²) in [6.07, 6.45) is 2.29. The number of ether oxygens (including phenoxy) is 1. The zero-order chi connectivity index (χ0) is 12.3. The van der Waals surface area contributed by atoms with Gasteiger partial charge in [-0.1, -0.05) is 11.6 Å². The minimum atomic E-state index is 0.533. The normalized spacial score (nSPS) is 10.5. The first-order chi connectivity index (χ1) is 8.24. The quantitative estimate of drug-likeness (QED) is 0.877. The van der Waals surface area contributed by atoms with Gasteiger partial charge in [0.2, 0.25) is 0 Å². The topological polar surface area (TPSA) is 61.3 Å². The molecule has 0 spiro atoms. The molecule has 90 valence electrons. The van der Waals surface area contributed by atoms with E-state index in [-0.39, 0.29) is 0 Å². The molecule has 0 saturated heterocycles. The lowest BCUT2D eigenvalue weighted by Crippen LogP contribution is -2.02. The molecule has 0 atom stereocenters. The third kappa shape index (κ3) is 2.47. The summed E-state index contributed by atoms with van der Waals surface area (Å²) in [6.45, 7) is 2.56. The van der Waals surface area contributed by atoms with E-state index in [1.807, 2.05) is 25.1 Å². The van der Waals surface area contributed by atoms with Crippen LogP contribution in [0.1, 0.15) is 11.5 Å². The molecular formula is C13H16N2O2. The number of nitrogens with two attached hydrogens (primary N) is 1. The van der Waals surface area contributed by atoms with Gasteiger partial charge in [0, 0.05) is 18.5 Å². The maximum absolute atomic E-state index is 5.46. The van der Waals surface area contributed by atoms with Gasteiger partial charge in [0.25, 0.3) is 0 Å². The van der Waals surface area contributed by atoms with E-state index >= 15 is 0 Å². The maximum atomic E-state index is 5.46. The molecule has 0 bridgehead atoms. The van der Waals surface area contributed by atoms with Gasteiger partial charge in [-0.05, 0) is 19.1 Å². The average molecular weight is 232 g/mol. The predicted octanol–water partition coefficient (Wildman–Crippen LogP) is 2.16. The van der Waals surface area contributed by atoms with Crippen LogP contribution in [0, 0.1) is 6.92 Å². The number of methoxy groups -OCH3 is 1. The Morgan fingerprint density at radius 2 is 2.24 bits per heavy atom. The highest BCUT2D eigenvalue weighted by molar-refractivity contribution is 5.67. The van der Waals surface area contributed by atoms with E-state index in [1.165, 1.54) is 0 Å². The number of aryl methyl sites for hydroxylation is 1. The van der Waals surface area contributed by atoms with Crippen LogP contribution >= 0.6 is 0 Å². The Labute approximate surface area is 100 Å². The molecule has 4 nitrogen and oxygen atoms in total. The van der Waals surface area contributed by atoms with Gasteiger partial charge in [0.1, 0.15) is 17.7 Å². The van der Waals surface area contributed by atoms with Crippen LogP contribution < -0.4 is 10.5 Å². The highest BCUT2D eigenvalue weighted by Crippen LogP contribution is 2.30. The second-order valence-electron chi connectivity index (χ2n) is 3.87. The van der Waals surface area contributed by atoms with Crippen molar-refractivity contribution in [3.05, 3.63) is 35.9 Å². The van der Waals surface area contributed by atoms with E-state index < -0.39 is 0 Å². The van der Waals surface area contributed by atoms with Crippen molar-refractivity contribution in [1.29, 1.82) is 0 Å². The van der Waals surface area contributed by atoms with Crippen molar-refractivity contribution in [2.45, 2.75) is 13.3 Å². The van der Waals surface area contributed by atoms with Crippen molar-refractivity contribution in [3.63, 3.8) is 0 Å². The molecule has 0 radical (unpaired) electrons. The van der Waals surface area contributed by atoms with Crippen LogP contribution in [0.3, 0.4) is 0 Å². The fourth-order valence-corrected chi connectivity index (χ4v) is 1.69. The van der Waals surface area contributed by atoms with E-state index in [9.17, 15) is 0 Å². The second kappa shape index (κ2) is 5.01. The van der Waals surface area contributed by atoms with Gasteiger partial charge in [0.05, 0.1) is 7.11 Å². The second-order valence-corrected chi connectivity index (χ2v) is 3.87. The van der Waals surface area contributed by atoms with E-state index in [0.717, 1.165) is 22.6 Å². The molecule has 0 amide bonds. The number of oxazole rings is 1. The lowest BCUT2D eigenvalue weighted by molar-refractivity contribution is 0.416. The van der Waals surface area contributed by atoms with E-state index in [4.69, 9.17) is 14.9 Å². The molecule has 17 heavy (non-hydrogen) atoms. The van der Waals surface area contributed by atoms with E-state index in [0.29, 0.717) is 18.9 Å². The molecule has 2 rings (SSSR count). The molecular weight excluding hydrogens is 216 g/mol. The Morgan fingerprint density at radius 3 is 2.94 bits per heavy atom. The van der Waals surface area contributed by atoms with Gasteiger partial charge in [-0.3, -0.25) is 0 Å². The number of aromatic nitrogens is 1. The highest BCUT2D eigenvalue weighted by atomic mass is 16.5. The highest BCUT2D eigenvalue weighted by Gasteiger charge is 2.11. The lowest BCUT2D eigenvalue weighted by Gasteiger charge is -2.06. The fraction of sp³-hybridized carbons (Fsp3) is 0.308. The molecule has 2 aromatic rings. The SMILES string of the molecule is COc1ccc(C)cc1-c1coc(CCN)n1. The number of rotatable bonds is 4. The zero-order valence-corrected chi connectivity index (χ0v) is 10.1. The number of benzene rings is 1. The third-order valence-corrected chi connectivity index (χ3v) is 2.54. The van der Waals surface area contributed by atoms with Crippen molar-refractivity contribution in [1.82, 2.24) is 4.98 Å². The largest absolute Gasteiger partial charge is 0.496 e.